The molecule has 1 aliphatic heterocycles. The molecule has 2 amide bonds. The number of hydrogen-bond acceptors (Lipinski definition) is 3. The van der Waals surface area contributed by atoms with Crippen LogP contribution in [0.25, 0.3) is 0 Å². The molecule has 0 aromatic carbocycles. The van der Waals surface area contributed by atoms with E-state index in [0.29, 0.717) is 25.4 Å². The van der Waals surface area contributed by atoms with Gasteiger partial charge in [0.2, 0.25) is 0 Å². The van der Waals surface area contributed by atoms with E-state index in [4.69, 9.17) is 11.0 Å². The number of rotatable bonds is 3. The molecule has 0 aliphatic carbocycles. The van der Waals surface area contributed by atoms with E-state index < -0.39 is 0 Å². The molecule has 1 atom stereocenters. The topological polar surface area (TPSA) is 73.4 Å². The molecule has 0 aromatic heterocycles. The molecule has 5 heteroatoms. The molecule has 1 unspecified atom stereocenters. The first-order chi connectivity index (χ1) is 7.19. The number of carbonyl (C=O) groups is 1. The van der Waals surface area contributed by atoms with Crippen molar-refractivity contribution in [1.29, 1.82) is 5.26 Å². The fourth-order valence-electron chi connectivity index (χ4n) is 1.75. The molecule has 1 aliphatic rings. The number of likely N-dealkylation sites (tertiary alicyclic amines) is 1. The van der Waals surface area contributed by atoms with Gasteiger partial charge in [-0.15, -0.1) is 0 Å². The van der Waals surface area contributed by atoms with E-state index in [9.17, 15) is 4.79 Å². The smallest absolute Gasteiger partial charge is 0.319 e. The molecule has 15 heavy (non-hydrogen) atoms. The van der Waals surface area contributed by atoms with E-state index in [2.05, 4.69) is 0 Å². The summed E-state index contributed by atoms with van der Waals surface area (Å²) in [5.41, 5.74) is 5.56. The average molecular weight is 210 g/mol. The van der Waals surface area contributed by atoms with Crippen LogP contribution in [0, 0.1) is 17.2 Å². The Morgan fingerprint density at radius 2 is 2.47 bits per heavy atom. The fraction of sp³-hybridized carbons (Fsp3) is 0.800. The molecule has 0 saturated carbocycles. The van der Waals surface area contributed by atoms with Crippen molar-refractivity contribution in [2.45, 2.75) is 12.8 Å². The van der Waals surface area contributed by atoms with Crippen molar-refractivity contribution in [3.05, 3.63) is 0 Å². The lowest BCUT2D eigenvalue weighted by Crippen LogP contribution is -2.40. The number of amides is 2. The van der Waals surface area contributed by atoms with Crippen molar-refractivity contribution in [2.24, 2.45) is 11.7 Å². The largest absolute Gasteiger partial charge is 0.330 e. The molecule has 0 radical (unpaired) electrons. The molecule has 1 heterocycles. The lowest BCUT2D eigenvalue weighted by molar-refractivity contribution is 0.172. The molecule has 2 N–H and O–H groups in total. The minimum atomic E-state index is 0.0150. The van der Waals surface area contributed by atoms with Crippen molar-refractivity contribution in [3.63, 3.8) is 0 Å². The Bertz CT molecular complexity index is 261. The summed E-state index contributed by atoms with van der Waals surface area (Å²) in [6, 6.07) is 2.05. The summed E-state index contributed by atoms with van der Waals surface area (Å²) in [6.45, 7) is 2.69. The SMILES string of the molecule is CN(CCC#N)C(=O)N1CCC(CN)C1. The van der Waals surface area contributed by atoms with Crippen molar-refractivity contribution in [3.8, 4) is 6.07 Å². The first-order valence-electron chi connectivity index (χ1n) is 5.26. The van der Waals surface area contributed by atoms with Crippen molar-refractivity contribution >= 4 is 6.03 Å². The molecule has 0 aromatic rings. The van der Waals surface area contributed by atoms with Gasteiger partial charge in [0, 0.05) is 26.7 Å². The van der Waals surface area contributed by atoms with Crippen molar-refractivity contribution in [2.75, 3.05) is 33.2 Å². The van der Waals surface area contributed by atoms with Gasteiger partial charge in [0.25, 0.3) is 0 Å². The van der Waals surface area contributed by atoms with Crippen molar-refractivity contribution < 1.29 is 4.79 Å². The Balaban J connectivity index is 2.37. The number of carbonyl (C=O) groups excluding carboxylic acids is 1. The van der Waals surface area contributed by atoms with Crippen LogP contribution >= 0.6 is 0 Å². The molecular weight excluding hydrogens is 192 g/mol. The highest BCUT2D eigenvalue weighted by atomic mass is 16.2. The highest BCUT2D eigenvalue weighted by Crippen LogP contribution is 2.16. The van der Waals surface area contributed by atoms with E-state index in [1.807, 2.05) is 11.0 Å². The first-order valence-corrected chi connectivity index (χ1v) is 5.26. The van der Waals surface area contributed by atoms with Crippen LogP contribution in [0.2, 0.25) is 0 Å². The minimum absolute atomic E-state index is 0.0150. The van der Waals surface area contributed by atoms with Gasteiger partial charge in [-0.1, -0.05) is 0 Å². The summed E-state index contributed by atoms with van der Waals surface area (Å²) in [4.78, 5) is 15.2. The van der Waals surface area contributed by atoms with Gasteiger partial charge in [0.05, 0.1) is 12.5 Å². The van der Waals surface area contributed by atoms with E-state index in [1.165, 1.54) is 0 Å². The molecule has 0 spiro atoms. The van der Waals surface area contributed by atoms with E-state index in [1.54, 1.807) is 11.9 Å². The van der Waals surface area contributed by atoms with Crippen LogP contribution in [-0.2, 0) is 0 Å². The number of nitriles is 1. The van der Waals surface area contributed by atoms with Crippen molar-refractivity contribution in [1.82, 2.24) is 9.80 Å². The summed E-state index contributed by atoms with van der Waals surface area (Å²) in [5, 5.41) is 8.42. The predicted molar refractivity (Wildman–Crippen MR) is 57.0 cm³/mol. The summed E-state index contributed by atoms with van der Waals surface area (Å²) in [5.74, 6) is 0.443. The molecule has 1 fully saturated rings. The minimum Gasteiger partial charge on any atom is -0.330 e. The molecule has 84 valence electrons. The van der Waals surface area contributed by atoms with Crippen LogP contribution < -0.4 is 5.73 Å². The van der Waals surface area contributed by atoms with Gasteiger partial charge in [-0.2, -0.15) is 5.26 Å². The second-order valence-electron chi connectivity index (χ2n) is 3.95. The van der Waals surface area contributed by atoms with Gasteiger partial charge in [0.1, 0.15) is 0 Å². The quantitative estimate of drug-likeness (QED) is 0.724. The second-order valence-corrected chi connectivity index (χ2v) is 3.95. The Labute approximate surface area is 90.4 Å². The molecular formula is C10H18N4O. The maximum atomic E-state index is 11.8. The third-order valence-electron chi connectivity index (χ3n) is 2.78. The number of nitrogens with zero attached hydrogens (tertiary/aromatic N) is 3. The lowest BCUT2D eigenvalue weighted by Gasteiger charge is -2.23. The van der Waals surface area contributed by atoms with Gasteiger partial charge in [-0.25, -0.2) is 4.79 Å². The van der Waals surface area contributed by atoms with E-state index in [0.717, 1.165) is 19.5 Å². The average Bonchev–Trinajstić information content (AvgIpc) is 2.73. The number of nitrogens with two attached hydrogens (primary N) is 1. The number of urea groups is 1. The fourth-order valence-corrected chi connectivity index (χ4v) is 1.75. The second kappa shape index (κ2) is 5.56. The van der Waals surface area contributed by atoms with Gasteiger partial charge < -0.3 is 15.5 Å². The maximum Gasteiger partial charge on any atom is 0.319 e. The zero-order chi connectivity index (χ0) is 11.3. The first kappa shape index (κ1) is 11.8. The van der Waals surface area contributed by atoms with E-state index >= 15 is 0 Å². The predicted octanol–water partition coefficient (Wildman–Crippen LogP) is 0.232. The highest BCUT2D eigenvalue weighted by molar-refractivity contribution is 5.74. The maximum absolute atomic E-state index is 11.8. The monoisotopic (exact) mass is 210 g/mol. The van der Waals surface area contributed by atoms with Crippen LogP contribution in [0.4, 0.5) is 4.79 Å². The normalized spacial score (nSPS) is 20.1. The summed E-state index contributed by atoms with van der Waals surface area (Å²) in [6.07, 6.45) is 1.38. The third-order valence-corrected chi connectivity index (χ3v) is 2.78. The molecule has 5 nitrogen and oxygen atoms in total. The van der Waals surface area contributed by atoms with Crippen LogP contribution in [0.1, 0.15) is 12.8 Å². The van der Waals surface area contributed by atoms with E-state index in [-0.39, 0.29) is 6.03 Å². The third kappa shape index (κ3) is 3.10. The molecule has 1 rings (SSSR count). The van der Waals surface area contributed by atoms with Gasteiger partial charge in [0.15, 0.2) is 0 Å². The summed E-state index contributed by atoms with van der Waals surface area (Å²) < 4.78 is 0. The Morgan fingerprint density at radius 3 is 3.00 bits per heavy atom. The van der Waals surface area contributed by atoms with Gasteiger partial charge in [-0.05, 0) is 18.9 Å². The Hall–Kier alpha value is -1.28. The number of hydrogen-bond donors (Lipinski definition) is 1. The Kier molecular flexibility index (Phi) is 4.37. The summed E-state index contributed by atoms with van der Waals surface area (Å²) >= 11 is 0. The van der Waals surface area contributed by atoms with Gasteiger partial charge in [-0.3, -0.25) is 0 Å². The van der Waals surface area contributed by atoms with Crippen LogP contribution in [0.3, 0.4) is 0 Å². The van der Waals surface area contributed by atoms with Crippen LogP contribution in [0.15, 0.2) is 0 Å². The molecule has 1 saturated heterocycles. The zero-order valence-corrected chi connectivity index (χ0v) is 9.15. The standard InChI is InChI=1S/C10H18N4O/c1-13(5-2-4-11)10(15)14-6-3-9(7-12)8-14/h9H,2-3,5-8,12H2,1H3. The Morgan fingerprint density at radius 1 is 1.73 bits per heavy atom. The van der Waals surface area contributed by atoms with Gasteiger partial charge >= 0.3 is 6.03 Å². The zero-order valence-electron chi connectivity index (χ0n) is 9.15. The highest BCUT2D eigenvalue weighted by Gasteiger charge is 2.26. The lowest BCUT2D eigenvalue weighted by atomic mass is 10.1. The van der Waals surface area contributed by atoms with Crippen LogP contribution in [0.5, 0.6) is 0 Å². The summed E-state index contributed by atoms with van der Waals surface area (Å²) in [7, 11) is 1.73. The van der Waals surface area contributed by atoms with Crippen LogP contribution in [-0.4, -0.2) is 49.1 Å². The molecule has 0 bridgehead atoms.